The molecule has 10 nitrogen and oxygen atoms in total. The molecule has 0 bridgehead atoms. The van der Waals surface area contributed by atoms with Crippen LogP contribution >= 0.6 is 11.6 Å². The zero-order chi connectivity index (χ0) is 25.9. The van der Waals surface area contributed by atoms with E-state index in [1.54, 1.807) is 29.1 Å². The van der Waals surface area contributed by atoms with Gasteiger partial charge in [-0.2, -0.15) is 0 Å². The molecule has 3 aromatic heterocycles. The molecule has 0 spiro atoms. The molecular weight excluding hydrogens is 494 g/mol. The van der Waals surface area contributed by atoms with Crippen LogP contribution in [0.25, 0.3) is 28.3 Å². The zero-order valence-corrected chi connectivity index (χ0v) is 20.6. The van der Waals surface area contributed by atoms with E-state index >= 15 is 0 Å². The van der Waals surface area contributed by atoms with Crippen molar-refractivity contribution in [2.75, 3.05) is 0 Å². The lowest BCUT2D eigenvalue weighted by Gasteiger charge is -2.10. The van der Waals surface area contributed by atoms with Crippen LogP contribution < -0.4 is 5.69 Å². The molecule has 5 rings (SSSR count). The summed E-state index contributed by atoms with van der Waals surface area (Å²) in [6, 6.07) is 16.0. The van der Waals surface area contributed by atoms with Crippen LogP contribution in [-0.2, 0) is 13.0 Å². The summed E-state index contributed by atoms with van der Waals surface area (Å²) >= 11 is 6.35. The molecule has 0 amide bonds. The van der Waals surface area contributed by atoms with Crippen LogP contribution in [0.15, 0.2) is 71.8 Å². The highest BCUT2D eigenvalue weighted by Gasteiger charge is 2.20. The maximum atomic E-state index is 13.5. The Hall–Kier alpha value is -4.57. The summed E-state index contributed by atoms with van der Waals surface area (Å²) in [7, 11) is 0. The number of tetrazole rings is 1. The van der Waals surface area contributed by atoms with Gasteiger partial charge in [-0.3, -0.25) is 14.1 Å². The molecule has 186 valence electrons. The predicted molar refractivity (Wildman–Crippen MR) is 138 cm³/mol. The van der Waals surface area contributed by atoms with E-state index in [1.807, 2.05) is 43.3 Å². The van der Waals surface area contributed by atoms with Crippen LogP contribution in [-0.4, -0.2) is 45.8 Å². The fraction of sp³-hybridized carbons (Fsp3) is 0.154. The molecule has 0 aliphatic carbocycles. The Kier molecular flexibility index (Phi) is 6.65. The Morgan fingerprint density at radius 2 is 1.89 bits per heavy atom. The number of rotatable bonds is 8. The van der Waals surface area contributed by atoms with Crippen molar-refractivity contribution >= 4 is 17.6 Å². The van der Waals surface area contributed by atoms with Gasteiger partial charge in [0.2, 0.25) is 0 Å². The van der Waals surface area contributed by atoms with Gasteiger partial charge in [0.25, 0.3) is 0 Å². The van der Waals surface area contributed by atoms with Crippen LogP contribution in [0.5, 0.6) is 0 Å². The van der Waals surface area contributed by atoms with Crippen LogP contribution in [0.1, 0.15) is 35.0 Å². The average molecular weight is 516 g/mol. The Labute approximate surface area is 216 Å². The molecule has 11 heteroatoms. The van der Waals surface area contributed by atoms with E-state index in [0.717, 1.165) is 34.5 Å². The van der Waals surface area contributed by atoms with Crippen LogP contribution in [0.3, 0.4) is 0 Å². The second-order valence-corrected chi connectivity index (χ2v) is 8.80. The molecule has 5 aromatic rings. The number of pyridine rings is 1. The van der Waals surface area contributed by atoms with Gasteiger partial charge in [-0.25, -0.2) is 14.7 Å². The Morgan fingerprint density at radius 1 is 1.08 bits per heavy atom. The SMILES string of the molecule is CCCc1cn(-c2c(Cl)cccc2C(=O)O)c(=O)n1Cc1ccc(-c2ccccc2-c2nnn[nH]2)nc1. The summed E-state index contributed by atoms with van der Waals surface area (Å²) in [6.07, 6.45) is 4.84. The molecule has 2 N–H and O–H groups in total. The van der Waals surface area contributed by atoms with Gasteiger partial charge in [-0.05, 0) is 40.6 Å². The van der Waals surface area contributed by atoms with Crippen molar-refractivity contribution in [2.45, 2.75) is 26.3 Å². The molecular formula is C26H22ClN7O3. The van der Waals surface area contributed by atoms with Crippen molar-refractivity contribution in [3.63, 3.8) is 0 Å². The molecule has 0 saturated heterocycles. The van der Waals surface area contributed by atoms with E-state index in [1.165, 1.54) is 10.6 Å². The summed E-state index contributed by atoms with van der Waals surface area (Å²) in [4.78, 5) is 29.9. The van der Waals surface area contributed by atoms with Gasteiger partial charge in [0.15, 0.2) is 5.82 Å². The highest BCUT2D eigenvalue weighted by atomic mass is 35.5. The Bertz CT molecular complexity index is 1620. The zero-order valence-electron chi connectivity index (χ0n) is 19.8. The van der Waals surface area contributed by atoms with Crippen LogP contribution in [0.2, 0.25) is 5.02 Å². The molecule has 0 fully saturated rings. The number of aromatic amines is 1. The third kappa shape index (κ3) is 4.66. The minimum absolute atomic E-state index is 0.0403. The van der Waals surface area contributed by atoms with Gasteiger partial charge in [-0.15, -0.1) is 5.10 Å². The quantitative estimate of drug-likeness (QED) is 0.316. The van der Waals surface area contributed by atoms with Gasteiger partial charge < -0.3 is 5.11 Å². The van der Waals surface area contributed by atoms with E-state index in [9.17, 15) is 14.7 Å². The first-order valence-corrected chi connectivity index (χ1v) is 12.0. The van der Waals surface area contributed by atoms with Crippen molar-refractivity contribution in [1.29, 1.82) is 0 Å². The second kappa shape index (κ2) is 10.2. The Balaban J connectivity index is 1.51. The molecule has 3 heterocycles. The number of carboxylic acid groups (broad SMARTS) is 1. The smallest absolute Gasteiger partial charge is 0.337 e. The summed E-state index contributed by atoms with van der Waals surface area (Å²) < 4.78 is 2.95. The summed E-state index contributed by atoms with van der Waals surface area (Å²) in [6.45, 7) is 2.29. The highest BCUT2D eigenvalue weighted by molar-refractivity contribution is 6.33. The maximum absolute atomic E-state index is 13.5. The van der Waals surface area contributed by atoms with Gasteiger partial charge >= 0.3 is 11.7 Å². The monoisotopic (exact) mass is 515 g/mol. The van der Waals surface area contributed by atoms with Gasteiger partial charge in [0.05, 0.1) is 28.5 Å². The summed E-state index contributed by atoms with van der Waals surface area (Å²) in [5.74, 6) is -0.616. The number of hydrogen-bond acceptors (Lipinski definition) is 6. The van der Waals surface area contributed by atoms with E-state index in [-0.39, 0.29) is 28.5 Å². The fourth-order valence-electron chi connectivity index (χ4n) is 4.29. The average Bonchev–Trinajstić information content (AvgIpc) is 3.54. The fourth-order valence-corrected chi connectivity index (χ4v) is 4.56. The molecule has 0 aliphatic heterocycles. The van der Waals surface area contributed by atoms with Gasteiger partial charge in [-0.1, -0.05) is 61.3 Å². The predicted octanol–water partition coefficient (Wildman–Crippen LogP) is 4.23. The van der Waals surface area contributed by atoms with Crippen molar-refractivity contribution in [3.05, 3.63) is 99.3 Å². The van der Waals surface area contributed by atoms with E-state index in [4.69, 9.17) is 11.6 Å². The minimum atomic E-state index is -1.16. The first kappa shape index (κ1) is 24.1. The number of halogens is 1. The molecule has 37 heavy (non-hydrogen) atoms. The summed E-state index contributed by atoms with van der Waals surface area (Å²) in [5.41, 5.74) is 3.75. The first-order valence-electron chi connectivity index (χ1n) is 11.6. The highest BCUT2D eigenvalue weighted by Crippen LogP contribution is 2.28. The molecule has 0 atom stereocenters. The van der Waals surface area contributed by atoms with Crippen molar-refractivity contribution in [1.82, 2.24) is 34.7 Å². The Morgan fingerprint density at radius 3 is 2.57 bits per heavy atom. The van der Waals surface area contributed by atoms with E-state index in [2.05, 4.69) is 25.6 Å². The van der Waals surface area contributed by atoms with E-state index in [0.29, 0.717) is 12.2 Å². The lowest BCUT2D eigenvalue weighted by molar-refractivity contribution is 0.0697. The maximum Gasteiger partial charge on any atom is 0.337 e. The topological polar surface area (TPSA) is 132 Å². The number of nitrogens with zero attached hydrogens (tertiary/aromatic N) is 6. The lowest BCUT2D eigenvalue weighted by atomic mass is 10.0. The number of para-hydroxylation sites is 1. The van der Waals surface area contributed by atoms with Gasteiger partial charge in [0.1, 0.15) is 0 Å². The van der Waals surface area contributed by atoms with E-state index < -0.39 is 5.97 Å². The van der Waals surface area contributed by atoms with Crippen molar-refractivity contribution in [3.8, 4) is 28.3 Å². The number of aryl methyl sites for hydroxylation is 1. The molecule has 2 aromatic carbocycles. The number of aromatic nitrogens is 7. The molecule has 0 radical (unpaired) electrons. The van der Waals surface area contributed by atoms with Crippen molar-refractivity contribution in [2.24, 2.45) is 0 Å². The lowest BCUT2D eigenvalue weighted by Crippen LogP contribution is -2.26. The third-order valence-electron chi connectivity index (χ3n) is 5.99. The van der Waals surface area contributed by atoms with Crippen molar-refractivity contribution < 1.29 is 9.90 Å². The molecule has 0 aliphatic rings. The number of carbonyl (C=O) groups is 1. The number of benzene rings is 2. The minimum Gasteiger partial charge on any atom is -0.478 e. The number of H-pyrrole nitrogens is 1. The first-order chi connectivity index (χ1) is 18.0. The normalized spacial score (nSPS) is 11.1. The number of carboxylic acids is 1. The van der Waals surface area contributed by atoms with Gasteiger partial charge in [0, 0.05) is 29.2 Å². The largest absolute Gasteiger partial charge is 0.478 e. The van der Waals surface area contributed by atoms with Crippen LogP contribution in [0, 0.1) is 0 Å². The standard InChI is InChI=1S/C26H22ClN7O3/c1-2-6-17-15-34(23-20(25(35)36)9-5-10-21(23)27)26(37)33(17)14-16-11-12-22(28-13-16)18-7-3-4-8-19(18)24-29-31-32-30-24/h3-5,7-13,15H,2,6,14H2,1H3,(H,35,36)(H,29,30,31,32). The van der Waals surface area contributed by atoms with Crippen LogP contribution in [0.4, 0.5) is 0 Å². The summed E-state index contributed by atoms with van der Waals surface area (Å²) in [5, 5.41) is 23.9. The number of nitrogens with one attached hydrogen (secondary N) is 1. The number of imidazole rings is 1. The number of aromatic carboxylic acids is 1. The number of hydrogen-bond donors (Lipinski definition) is 2. The molecule has 0 unspecified atom stereocenters. The second-order valence-electron chi connectivity index (χ2n) is 8.40. The molecule has 0 saturated carbocycles. The third-order valence-corrected chi connectivity index (χ3v) is 6.30.